The molecular formula is C11H17N3O. The van der Waals surface area contributed by atoms with E-state index in [1.807, 2.05) is 7.05 Å². The molecule has 1 heterocycles. The zero-order valence-corrected chi connectivity index (χ0v) is 9.07. The number of nitrogens with one attached hydrogen (secondary N) is 1. The molecule has 82 valence electrons. The third-order valence-corrected chi connectivity index (χ3v) is 3.60. The lowest BCUT2D eigenvalue weighted by atomic mass is 10.0. The van der Waals surface area contributed by atoms with Gasteiger partial charge in [0.05, 0.1) is 5.92 Å². The lowest BCUT2D eigenvalue weighted by Gasteiger charge is -2.14. The van der Waals surface area contributed by atoms with E-state index in [1.165, 1.54) is 32.1 Å². The minimum Gasteiger partial charge on any atom is -0.339 e. The quantitative estimate of drug-likeness (QED) is 0.821. The normalized spacial score (nSPS) is 31.0. The summed E-state index contributed by atoms with van der Waals surface area (Å²) in [5.74, 6) is 2.83. The first kappa shape index (κ1) is 9.33. The van der Waals surface area contributed by atoms with Crippen molar-refractivity contribution in [1.29, 1.82) is 0 Å². The second kappa shape index (κ2) is 3.59. The molecule has 2 aliphatic rings. The van der Waals surface area contributed by atoms with Crippen LogP contribution in [-0.4, -0.2) is 23.2 Å². The lowest BCUT2D eigenvalue weighted by molar-refractivity contribution is 0.332. The molecule has 3 rings (SSSR count). The van der Waals surface area contributed by atoms with Crippen LogP contribution in [0.2, 0.25) is 0 Å². The zero-order valence-electron chi connectivity index (χ0n) is 9.07. The highest BCUT2D eigenvalue weighted by Crippen LogP contribution is 2.40. The maximum absolute atomic E-state index is 5.38. The highest BCUT2D eigenvalue weighted by Gasteiger charge is 2.34. The Morgan fingerprint density at radius 3 is 2.87 bits per heavy atom. The molecular weight excluding hydrogens is 190 g/mol. The van der Waals surface area contributed by atoms with E-state index in [0.717, 1.165) is 11.7 Å². The minimum atomic E-state index is 0.440. The fourth-order valence-corrected chi connectivity index (χ4v) is 2.51. The third kappa shape index (κ3) is 1.67. The number of hydrogen-bond acceptors (Lipinski definition) is 4. The summed E-state index contributed by atoms with van der Waals surface area (Å²) in [6.07, 6.45) is 6.13. The minimum absolute atomic E-state index is 0.440. The maximum atomic E-state index is 5.38. The molecule has 0 amide bonds. The van der Waals surface area contributed by atoms with E-state index in [4.69, 9.17) is 4.52 Å². The van der Waals surface area contributed by atoms with E-state index >= 15 is 0 Å². The van der Waals surface area contributed by atoms with Gasteiger partial charge >= 0.3 is 0 Å². The molecule has 0 spiro atoms. The summed E-state index contributed by atoms with van der Waals surface area (Å²) in [5, 5.41) is 7.42. The Kier molecular flexibility index (Phi) is 2.24. The molecule has 15 heavy (non-hydrogen) atoms. The molecule has 4 nitrogen and oxygen atoms in total. The molecule has 2 fully saturated rings. The van der Waals surface area contributed by atoms with Crippen molar-refractivity contribution in [3.05, 3.63) is 11.7 Å². The van der Waals surface area contributed by atoms with E-state index in [9.17, 15) is 0 Å². The van der Waals surface area contributed by atoms with Crippen molar-refractivity contribution in [1.82, 2.24) is 15.5 Å². The fourth-order valence-electron chi connectivity index (χ4n) is 2.51. The summed E-state index contributed by atoms with van der Waals surface area (Å²) < 4.78 is 5.38. The van der Waals surface area contributed by atoms with Gasteiger partial charge in [-0.05, 0) is 32.7 Å². The van der Waals surface area contributed by atoms with Gasteiger partial charge in [0.25, 0.3) is 0 Å². The molecule has 2 unspecified atom stereocenters. The summed E-state index contributed by atoms with van der Waals surface area (Å²) >= 11 is 0. The van der Waals surface area contributed by atoms with E-state index in [-0.39, 0.29) is 0 Å². The van der Waals surface area contributed by atoms with Crippen LogP contribution in [-0.2, 0) is 0 Å². The second-order valence-electron chi connectivity index (χ2n) is 4.70. The van der Waals surface area contributed by atoms with Gasteiger partial charge < -0.3 is 9.84 Å². The second-order valence-corrected chi connectivity index (χ2v) is 4.70. The van der Waals surface area contributed by atoms with Crippen LogP contribution in [0.25, 0.3) is 0 Å². The first-order chi connectivity index (χ1) is 7.38. The van der Waals surface area contributed by atoms with Crippen LogP contribution in [0.15, 0.2) is 4.52 Å². The van der Waals surface area contributed by atoms with E-state index < -0.39 is 0 Å². The SMILES string of the molecule is CNC1CCCC1c1nc(C2CC2)no1. The van der Waals surface area contributed by atoms with Crippen molar-refractivity contribution in [2.24, 2.45) is 0 Å². The van der Waals surface area contributed by atoms with Crippen LogP contribution < -0.4 is 5.32 Å². The highest BCUT2D eigenvalue weighted by atomic mass is 16.5. The first-order valence-corrected chi connectivity index (χ1v) is 5.89. The smallest absolute Gasteiger partial charge is 0.231 e. The maximum Gasteiger partial charge on any atom is 0.231 e. The Morgan fingerprint density at radius 2 is 2.13 bits per heavy atom. The van der Waals surface area contributed by atoms with E-state index in [0.29, 0.717) is 17.9 Å². The topological polar surface area (TPSA) is 51.0 Å². The summed E-state index contributed by atoms with van der Waals surface area (Å²) in [7, 11) is 2.02. The summed E-state index contributed by atoms with van der Waals surface area (Å²) in [6.45, 7) is 0. The van der Waals surface area contributed by atoms with Gasteiger partial charge in [0, 0.05) is 12.0 Å². The van der Waals surface area contributed by atoms with Crippen LogP contribution in [0, 0.1) is 0 Å². The summed E-state index contributed by atoms with van der Waals surface area (Å²) in [5.41, 5.74) is 0. The molecule has 1 aromatic heterocycles. The van der Waals surface area contributed by atoms with Gasteiger partial charge in [0.2, 0.25) is 5.89 Å². The van der Waals surface area contributed by atoms with E-state index in [1.54, 1.807) is 0 Å². The van der Waals surface area contributed by atoms with Crippen molar-refractivity contribution in [2.45, 2.75) is 50.0 Å². The van der Waals surface area contributed by atoms with Gasteiger partial charge in [-0.3, -0.25) is 0 Å². The molecule has 0 radical (unpaired) electrons. The van der Waals surface area contributed by atoms with Gasteiger partial charge in [-0.2, -0.15) is 4.98 Å². The molecule has 0 aromatic carbocycles. The molecule has 0 bridgehead atoms. The Hall–Kier alpha value is -0.900. The van der Waals surface area contributed by atoms with Crippen LogP contribution >= 0.6 is 0 Å². The van der Waals surface area contributed by atoms with Crippen LogP contribution in [0.1, 0.15) is 55.7 Å². The molecule has 2 saturated carbocycles. The van der Waals surface area contributed by atoms with Crippen molar-refractivity contribution in [3.8, 4) is 0 Å². The molecule has 2 atom stereocenters. The average Bonchev–Trinajstić information content (AvgIpc) is 2.83. The van der Waals surface area contributed by atoms with Gasteiger partial charge in [0.15, 0.2) is 5.82 Å². The largest absolute Gasteiger partial charge is 0.339 e. The average molecular weight is 207 g/mol. The van der Waals surface area contributed by atoms with Crippen molar-refractivity contribution in [2.75, 3.05) is 7.05 Å². The van der Waals surface area contributed by atoms with E-state index in [2.05, 4.69) is 15.5 Å². The Morgan fingerprint density at radius 1 is 1.27 bits per heavy atom. The number of rotatable bonds is 3. The molecule has 1 aromatic rings. The highest BCUT2D eigenvalue weighted by molar-refractivity contribution is 5.08. The Balaban J connectivity index is 1.78. The monoisotopic (exact) mass is 207 g/mol. The number of likely N-dealkylation sites (N-methyl/N-ethyl adjacent to an activating group) is 1. The van der Waals surface area contributed by atoms with Crippen molar-refractivity contribution < 1.29 is 4.52 Å². The predicted molar refractivity (Wildman–Crippen MR) is 55.7 cm³/mol. The lowest BCUT2D eigenvalue weighted by Crippen LogP contribution is -2.27. The first-order valence-electron chi connectivity index (χ1n) is 5.89. The van der Waals surface area contributed by atoms with Crippen LogP contribution in [0.5, 0.6) is 0 Å². The zero-order chi connectivity index (χ0) is 10.3. The molecule has 0 saturated heterocycles. The molecule has 1 N–H and O–H groups in total. The standard InChI is InChI=1S/C11H17N3O/c1-12-9-4-2-3-8(9)11-13-10(14-15-11)7-5-6-7/h7-9,12H,2-6H2,1H3. The van der Waals surface area contributed by atoms with Gasteiger partial charge in [-0.25, -0.2) is 0 Å². The fraction of sp³-hybridized carbons (Fsp3) is 0.818. The van der Waals surface area contributed by atoms with Gasteiger partial charge in [0.1, 0.15) is 0 Å². The van der Waals surface area contributed by atoms with Crippen LogP contribution in [0.4, 0.5) is 0 Å². The van der Waals surface area contributed by atoms with Gasteiger partial charge in [-0.15, -0.1) is 0 Å². The number of hydrogen-bond donors (Lipinski definition) is 1. The summed E-state index contributed by atoms with van der Waals surface area (Å²) in [4.78, 5) is 4.53. The van der Waals surface area contributed by atoms with Crippen molar-refractivity contribution in [3.63, 3.8) is 0 Å². The predicted octanol–water partition coefficient (Wildman–Crippen LogP) is 1.80. The molecule has 2 aliphatic carbocycles. The number of nitrogens with zero attached hydrogens (tertiary/aromatic N) is 2. The molecule has 0 aliphatic heterocycles. The van der Waals surface area contributed by atoms with Crippen molar-refractivity contribution >= 4 is 0 Å². The third-order valence-electron chi connectivity index (χ3n) is 3.60. The Bertz CT molecular complexity index is 345. The summed E-state index contributed by atoms with van der Waals surface area (Å²) in [6, 6.07) is 0.525. The Labute approximate surface area is 89.4 Å². The van der Waals surface area contributed by atoms with Crippen LogP contribution in [0.3, 0.4) is 0 Å². The van der Waals surface area contributed by atoms with Gasteiger partial charge in [-0.1, -0.05) is 11.6 Å². The molecule has 4 heteroatoms. The number of aromatic nitrogens is 2.